The minimum atomic E-state index is -3.58. The predicted molar refractivity (Wildman–Crippen MR) is 15.6 cm³/mol. The first-order valence-electron chi connectivity index (χ1n) is 1.05. The molecule has 0 saturated heterocycles. The molecule has 52 valence electrons. The van der Waals surface area contributed by atoms with Gasteiger partial charge in [-0.2, -0.15) is 0 Å². The van der Waals surface area contributed by atoms with Crippen molar-refractivity contribution >= 4 is 0 Å². The standard InChI is InChI=1S/2H2O2.2H2O.O.Ti/c2*1-2;;;;/h2*1-2H;2*1H2;;/q;;;;;+2/p-2. The van der Waals surface area contributed by atoms with Crippen LogP contribution in [0.5, 0.6) is 0 Å². The van der Waals surface area contributed by atoms with Gasteiger partial charge in [0, 0.05) is 0 Å². The first kappa shape index (κ1) is 15.7. The first-order valence-corrected chi connectivity index (χ1v) is 3.09. The second kappa shape index (κ2) is 26.7. The van der Waals surface area contributed by atoms with Gasteiger partial charge in [0.05, 0.1) is 0 Å². The Morgan fingerprint density at radius 3 is 0.875 bits per heavy atom. The Labute approximate surface area is 51.0 Å². The van der Waals surface area contributed by atoms with Gasteiger partial charge in [-0.15, -0.1) is 0 Å². The molecule has 0 aliphatic carbocycles. The minimum absolute atomic E-state index is 3.58. The van der Waals surface area contributed by atoms with Gasteiger partial charge >= 0.3 is 29.3 Å². The van der Waals surface area contributed by atoms with Crippen molar-refractivity contribution < 1.29 is 50.3 Å². The summed E-state index contributed by atoms with van der Waals surface area (Å²) in [6.07, 6.45) is 0. The average molecular weight is 166 g/mol. The molecular formula is H6O7Ti. The van der Waals surface area contributed by atoms with Crippen molar-refractivity contribution in [3.05, 3.63) is 0 Å². The molecule has 0 aliphatic heterocycles. The first-order chi connectivity index (χ1) is 3.73. The van der Waals surface area contributed by atoms with E-state index in [1.165, 1.54) is 0 Å². The summed E-state index contributed by atoms with van der Waals surface area (Å²) in [7, 11) is 0. The van der Waals surface area contributed by atoms with Crippen molar-refractivity contribution in [3.63, 3.8) is 0 Å². The van der Waals surface area contributed by atoms with E-state index in [0.717, 1.165) is 0 Å². The maximum absolute atomic E-state index is 8.81. The fourth-order valence-corrected chi connectivity index (χ4v) is 0. The van der Waals surface area contributed by atoms with Crippen LogP contribution in [-0.4, -0.2) is 28.4 Å². The summed E-state index contributed by atoms with van der Waals surface area (Å²) in [5.74, 6) is 0. The Bertz CT molecular complexity index is 27.4. The van der Waals surface area contributed by atoms with Crippen LogP contribution in [0.3, 0.4) is 0 Å². The zero-order valence-electron chi connectivity index (χ0n) is 3.59. The fraction of sp³-hybridized carbons (Fsp3) is 0. The monoisotopic (exact) mass is 166 g/mol. The van der Waals surface area contributed by atoms with Crippen LogP contribution in [0.2, 0.25) is 0 Å². The summed E-state index contributed by atoms with van der Waals surface area (Å²) in [5, 5.41) is 24.0. The summed E-state index contributed by atoms with van der Waals surface area (Å²) in [6, 6.07) is 0. The summed E-state index contributed by atoms with van der Waals surface area (Å²) in [5.41, 5.74) is 0. The van der Waals surface area contributed by atoms with E-state index in [0.29, 0.717) is 0 Å². The van der Waals surface area contributed by atoms with Crippen LogP contribution in [-0.2, 0) is 21.9 Å². The number of hydrogen-bond acceptors (Lipinski definition) is 5. The molecule has 0 rings (SSSR count). The van der Waals surface area contributed by atoms with E-state index in [2.05, 4.69) is 0 Å². The summed E-state index contributed by atoms with van der Waals surface area (Å²) in [6.45, 7) is 0. The Balaban J connectivity index is -0.0000000542. The van der Waals surface area contributed by atoms with Crippen molar-refractivity contribution in [1.82, 2.24) is 0 Å². The summed E-state index contributed by atoms with van der Waals surface area (Å²) in [4.78, 5) is 0. The van der Waals surface area contributed by atoms with Crippen molar-refractivity contribution in [2.75, 3.05) is 0 Å². The van der Waals surface area contributed by atoms with Crippen LogP contribution >= 0.6 is 0 Å². The molecule has 0 spiro atoms. The molecule has 0 aromatic rings. The van der Waals surface area contributed by atoms with E-state index < -0.39 is 18.6 Å². The Kier molecular flexibility index (Phi) is 52.6. The van der Waals surface area contributed by atoms with Gasteiger partial charge in [-0.1, -0.05) is 0 Å². The fourth-order valence-electron chi connectivity index (χ4n) is 0. The molecule has 0 fully saturated rings. The second-order valence-corrected chi connectivity index (χ2v) is 1.17. The van der Waals surface area contributed by atoms with E-state index >= 15 is 0 Å². The Morgan fingerprint density at radius 2 is 0.875 bits per heavy atom. The number of hydrogen-bond donors (Lipinski definition) is 6. The SMILES string of the molecule is OO.OO.[O]=[Ti]([OH])[OH]. The molecule has 0 aliphatic rings. The Hall–Kier alpha value is 0.274. The van der Waals surface area contributed by atoms with Gasteiger partial charge in [-0.25, -0.2) is 0 Å². The van der Waals surface area contributed by atoms with Gasteiger partial charge in [0.25, 0.3) is 0 Å². The zero-order chi connectivity index (χ0) is 7.58. The molecule has 0 atom stereocenters. The van der Waals surface area contributed by atoms with Gasteiger partial charge in [0.2, 0.25) is 0 Å². The summed E-state index contributed by atoms with van der Waals surface area (Å²) >= 11 is -3.58. The van der Waals surface area contributed by atoms with Gasteiger partial charge in [-0.05, 0) is 0 Å². The average Bonchev–Trinajstić information content (AvgIpc) is 1.75. The van der Waals surface area contributed by atoms with Crippen molar-refractivity contribution in [3.8, 4) is 0 Å². The second-order valence-electron chi connectivity index (χ2n) is 0.283. The molecule has 0 radical (unpaired) electrons. The molecule has 0 bridgehead atoms. The number of rotatable bonds is 0. The van der Waals surface area contributed by atoms with Gasteiger partial charge in [0.15, 0.2) is 0 Å². The predicted octanol–water partition coefficient (Wildman–Crippen LogP) is -1.20. The molecule has 0 aromatic carbocycles. The van der Waals surface area contributed by atoms with Crippen LogP contribution in [0, 0.1) is 0 Å². The third kappa shape index (κ3) is 2320. The molecule has 8 heteroatoms. The van der Waals surface area contributed by atoms with E-state index in [-0.39, 0.29) is 0 Å². The summed E-state index contributed by atoms with van der Waals surface area (Å²) < 4.78 is 23.2. The molecule has 0 unspecified atom stereocenters. The van der Waals surface area contributed by atoms with E-state index in [9.17, 15) is 0 Å². The van der Waals surface area contributed by atoms with Gasteiger partial charge in [0.1, 0.15) is 0 Å². The normalized spacial score (nSPS) is 4.75. The van der Waals surface area contributed by atoms with Crippen LogP contribution in [0.15, 0.2) is 0 Å². The quantitative estimate of drug-likeness (QED) is 0.151. The van der Waals surface area contributed by atoms with Gasteiger partial charge < -0.3 is 0 Å². The maximum atomic E-state index is 8.81. The van der Waals surface area contributed by atoms with Crippen LogP contribution < -0.4 is 0 Å². The van der Waals surface area contributed by atoms with Crippen molar-refractivity contribution in [1.29, 1.82) is 0 Å². The topological polar surface area (TPSA) is 138 Å². The third-order valence-electron chi connectivity index (χ3n) is 0. The Morgan fingerprint density at radius 1 is 0.875 bits per heavy atom. The third-order valence-corrected chi connectivity index (χ3v) is 0. The molecule has 0 saturated carbocycles. The molecule has 0 aromatic heterocycles. The van der Waals surface area contributed by atoms with Crippen LogP contribution in [0.25, 0.3) is 0 Å². The zero-order valence-corrected chi connectivity index (χ0v) is 5.15. The molecule has 0 heterocycles. The van der Waals surface area contributed by atoms with Crippen LogP contribution in [0.4, 0.5) is 0 Å². The van der Waals surface area contributed by atoms with E-state index in [1.54, 1.807) is 0 Å². The van der Waals surface area contributed by atoms with Gasteiger partial charge in [-0.3, -0.25) is 21.0 Å². The van der Waals surface area contributed by atoms with E-state index in [1.807, 2.05) is 0 Å². The molecule has 7 nitrogen and oxygen atoms in total. The van der Waals surface area contributed by atoms with E-state index in [4.69, 9.17) is 31.7 Å². The molecule has 0 amide bonds. The molecular weight excluding hydrogens is 160 g/mol. The van der Waals surface area contributed by atoms with Crippen LogP contribution in [0.1, 0.15) is 0 Å². The molecule has 6 N–H and O–H groups in total. The van der Waals surface area contributed by atoms with Crippen molar-refractivity contribution in [2.24, 2.45) is 0 Å². The van der Waals surface area contributed by atoms with Crippen molar-refractivity contribution in [2.45, 2.75) is 0 Å². The molecule has 8 heavy (non-hydrogen) atoms.